The molecule has 1 fully saturated rings. The highest BCUT2D eigenvalue weighted by molar-refractivity contribution is 5.24. The third-order valence-corrected chi connectivity index (χ3v) is 4.66. The van der Waals surface area contributed by atoms with Crippen LogP contribution in [0, 0.1) is 0 Å². The Labute approximate surface area is 121 Å². The van der Waals surface area contributed by atoms with Crippen LogP contribution >= 0.6 is 0 Å². The van der Waals surface area contributed by atoms with Gasteiger partial charge in [-0.25, -0.2) is 0 Å². The smallest absolute Gasteiger partial charge is 0.108 e. The van der Waals surface area contributed by atoms with Crippen LogP contribution in [-0.2, 0) is 11.2 Å². The molecular formula is C16H26N2O2. The molecule has 0 amide bonds. The molecule has 2 unspecified atom stereocenters. The van der Waals surface area contributed by atoms with Gasteiger partial charge in [0.15, 0.2) is 0 Å². The molecule has 1 aliphatic heterocycles. The van der Waals surface area contributed by atoms with Gasteiger partial charge in [0.1, 0.15) is 5.76 Å². The highest BCUT2D eigenvalue weighted by atomic mass is 16.5. The first-order valence-corrected chi connectivity index (χ1v) is 7.91. The van der Waals surface area contributed by atoms with Crippen molar-refractivity contribution < 1.29 is 9.15 Å². The van der Waals surface area contributed by atoms with E-state index in [9.17, 15) is 0 Å². The number of fused-ring (bicyclic) bond motifs is 1. The van der Waals surface area contributed by atoms with Crippen molar-refractivity contribution >= 4 is 0 Å². The Morgan fingerprint density at radius 3 is 3.15 bits per heavy atom. The molecule has 0 aromatic carbocycles. The molecule has 1 N–H and O–H groups in total. The Hall–Kier alpha value is -0.840. The van der Waals surface area contributed by atoms with E-state index < -0.39 is 0 Å². The maximum atomic E-state index is 5.64. The summed E-state index contributed by atoms with van der Waals surface area (Å²) in [7, 11) is 1.79. The fourth-order valence-corrected chi connectivity index (χ4v) is 3.62. The van der Waals surface area contributed by atoms with Crippen LogP contribution < -0.4 is 5.32 Å². The SMILES string of the molecule is COCCN(CC1CCCN1)C1CCCc2occc21. The number of aryl methyl sites for hydroxylation is 1. The molecule has 2 aliphatic rings. The lowest BCUT2D eigenvalue weighted by Gasteiger charge is -2.35. The normalized spacial score (nSPS) is 26.1. The molecule has 3 rings (SSSR count). The van der Waals surface area contributed by atoms with Crippen LogP contribution in [0.15, 0.2) is 16.7 Å². The summed E-state index contributed by atoms with van der Waals surface area (Å²) in [4.78, 5) is 2.60. The first-order chi connectivity index (χ1) is 9.88. The summed E-state index contributed by atoms with van der Waals surface area (Å²) in [5.74, 6) is 1.20. The van der Waals surface area contributed by atoms with Gasteiger partial charge in [-0.05, 0) is 38.3 Å². The summed E-state index contributed by atoms with van der Waals surface area (Å²) in [6.07, 6.45) is 8.03. The van der Waals surface area contributed by atoms with Gasteiger partial charge in [-0.2, -0.15) is 0 Å². The number of furan rings is 1. The fraction of sp³-hybridized carbons (Fsp3) is 0.750. The van der Waals surface area contributed by atoms with E-state index in [0.29, 0.717) is 12.1 Å². The van der Waals surface area contributed by atoms with Crippen molar-refractivity contribution in [2.24, 2.45) is 0 Å². The molecule has 0 bridgehead atoms. The van der Waals surface area contributed by atoms with Crippen molar-refractivity contribution in [2.75, 3.05) is 33.4 Å². The van der Waals surface area contributed by atoms with E-state index in [1.165, 1.54) is 43.6 Å². The number of ether oxygens (including phenoxy) is 1. The summed E-state index contributed by atoms with van der Waals surface area (Å²) in [6, 6.07) is 3.32. The maximum absolute atomic E-state index is 5.64. The zero-order valence-electron chi connectivity index (χ0n) is 12.4. The molecule has 0 radical (unpaired) electrons. The van der Waals surface area contributed by atoms with E-state index in [2.05, 4.69) is 16.3 Å². The minimum Gasteiger partial charge on any atom is -0.469 e. The molecule has 4 heteroatoms. The van der Waals surface area contributed by atoms with Gasteiger partial charge < -0.3 is 14.5 Å². The van der Waals surface area contributed by atoms with E-state index >= 15 is 0 Å². The third-order valence-electron chi connectivity index (χ3n) is 4.66. The number of nitrogens with one attached hydrogen (secondary N) is 1. The molecule has 1 aromatic rings. The number of rotatable bonds is 6. The van der Waals surface area contributed by atoms with Crippen LogP contribution in [-0.4, -0.2) is 44.3 Å². The van der Waals surface area contributed by atoms with Gasteiger partial charge in [0, 0.05) is 44.3 Å². The van der Waals surface area contributed by atoms with Crippen LogP contribution in [0.1, 0.15) is 43.0 Å². The molecule has 1 aromatic heterocycles. The topological polar surface area (TPSA) is 37.6 Å². The molecule has 112 valence electrons. The maximum Gasteiger partial charge on any atom is 0.108 e. The highest BCUT2D eigenvalue weighted by Crippen LogP contribution is 2.35. The van der Waals surface area contributed by atoms with E-state index in [1.54, 1.807) is 7.11 Å². The van der Waals surface area contributed by atoms with Gasteiger partial charge in [-0.1, -0.05) is 0 Å². The predicted octanol–water partition coefficient (Wildman–Crippen LogP) is 2.36. The molecular weight excluding hydrogens is 252 g/mol. The highest BCUT2D eigenvalue weighted by Gasteiger charge is 2.29. The molecule has 2 heterocycles. The lowest BCUT2D eigenvalue weighted by molar-refractivity contribution is 0.103. The molecule has 2 atom stereocenters. The molecule has 4 nitrogen and oxygen atoms in total. The Balaban J connectivity index is 1.71. The quantitative estimate of drug-likeness (QED) is 0.867. The first-order valence-electron chi connectivity index (χ1n) is 7.91. The van der Waals surface area contributed by atoms with Crippen molar-refractivity contribution in [1.82, 2.24) is 10.2 Å². The van der Waals surface area contributed by atoms with E-state index in [4.69, 9.17) is 9.15 Å². The van der Waals surface area contributed by atoms with Gasteiger partial charge in [0.25, 0.3) is 0 Å². The van der Waals surface area contributed by atoms with Crippen molar-refractivity contribution in [3.8, 4) is 0 Å². The van der Waals surface area contributed by atoms with Crippen molar-refractivity contribution in [3.63, 3.8) is 0 Å². The summed E-state index contributed by atoms with van der Waals surface area (Å²) in [5, 5.41) is 3.61. The molecule has 0 saturated carbocycles. The van der Waals surface area contributed by atoms with Crippen molar-refractivity contribution in [2.45, 2.75) is 44.2 Å². The van der Waals surface area contributed by atoms with Gasteiger partial charge in [0.2, 0.25) is 0 Å². The monoisotopic (exact) mass is 278 g/mol. The number of nitrogens with zero attached hydrogens (tertiary/aromatic N) is 1. The third kappa shape index (κ3) is 3.08. The summed E-state index contributed by atoms with van der Waals surface area (Å²) < 4.78 is 10.9. The molecule has 0 spiro atoms. The van der Waals surface area contributed by atoms with Gasteiger partial charge in [0.05, 0.1) is 12.9 Å². The van der Waals surface area contributed by atoms with E-state index in [1.807, 2.05) is 6.26 Å². The average Bonchev–Trinajstić information content (AvgIpc) is 3.13. The van der Waals surface area contributed by atoms with E-state index in [-0.39, 0.29) is 0 Å². The summed E-state index contributed by atoms with van der Waals surface area (Å²) in [5.41, 5.74) is 1.41. The molecule has 1 saturated heterocycles. The first kappa shape index (κ1) is 14.1. The molecule has 20 heavy (non-hydrogen) atoms. The second-order valence-corrected chi connectivity index (χ2v) is 5.99. The zero-order valence-corrected chi connectivity index (χ0v) is 12.4. The van der Waals surface area contributed by atoms with Crippen LogP contribution in [0.5, 0.6) is 0 Å². The van der Waals surface area contributed by atoms with Crippen LogP contribution in [0.25, 0.3) is 0 Å². The largest absolute Gasteiger partial charge is 0.469 e. The van der Waals surface area contributed by atoms with Crippen molar-refractivity contribution in [1.29, 1.82) is 0 Å². The van der Waals surface area contributed by atoms with Crippen LogP contribution in [0.2, 0.25) is 0 Å². The standard InChI is InChI=1S/C16H26N2O2/c1-19-11-9-18(12-13-4-3-8-17-13)15-5-2-6-16-14(15)7-10-20-16/h7,10,13,15,17H,2-6,8-9,11-12H2,1H3. The number of hydrogen-bond donors (Lipinski definition) is 1. The van der Waals surface area contributed by atoms with Gasteiger partial charge in [-0.15, -0.1) is 0 Å². The number of methoxy groups -OCH3 is 1. The minimum atomic E-state index is 0.509. The van der Waals surface area contributed by atoms with Gasteiger partial charge in [-0.3, -0.25) is 4.90 Å². The second-order valence-electron chi connectivity index (χ2n) is 5.99. The lowest BCUT2D eigenvalue weighted by atomic mass is 9.91. The second kappa shape index (κ2) is 6.74. The predicted molar refractivity (Wildman–Crippen MR) is 78.9 cm³/mol. The Morgan fingerprint density at radius 1 is 1.40 bits per heavy atom. The Bertz CT molecular complexity index is 412. The summed E-state index contributed by atoms with van der Waals surface area (Å²) in [6.45, 7) is 4.10. The zero-order chi connectivity index (χ0) is 13.8. The Kier molecular flexibility index (Phi) is 4.76. The lowest BCUT2D eigenvalue weighted by Crippen LogP contribution is -2.42. The van der Waals surface area contributed by atoms with Gasteiger partial charge >= 0.3 is 0 Å². The van der Waals surface area contributed by atoms with Crippen molar-refractivity contribution in [3.05, 3.63) is 23.7 Å². The minimum absolute atomic E-state index is 0.509. The summed E-state index contributed by atoms with van der Waals surface area (Å²) >= 11 is 0. The average molecular weight is 278 g/mol. The van der Waals surface area contributed by atoms with E-state index in [0.717, 1.165) is 26.1 Å². The van der Waals surface area contributed by atoms with Crippen LogP contribution in [0.3, 0.4) is 0 Å². The number of hydrogen-bond acceptors (Lipinski definition) is 4. The molecule has 1 aliphatic carbocycles. The fourth-order valence-electron chi connectivity index (χ4n) is 3.62. The van der Waals surface area contributed by atoms with Crippen LogP contribution in [0.4, 0.5) is 0 Å². The Morgan fingerprint density at radius 2 is 2.35 bits per heavy atom.